The molecule has 5 nitrogen and oxygen atoms in total. The zero-order chi connectivity index (χ0) is 9.26. The van der Waals surface area contributed by atoms with Gasteiger partial charge in [0.25, 0.3) is 0 Å². The Kier molecular flexibility index (Phi) is 1.70. The summed E-state index contributed by atoms with van der Waals surface area (Å²) in [6.45, 7) is 0. The van der Waals surface area contributed by atoms with Crippen molar-refractivity contribution in [1.82, 2.24) is 9.61 Å². The molecule has 0 radical (unpaired) electrons. The van der Waals surface area contributed by atoms with Gasteiger partial charge in [-0.3, -0.25) is 0 Å². The third-order valence-corrected chi connectivity index (χ3v) is 1.80. The van der Waals surface area contributed by atoms with E-state index >= 15 is 0 Å². The second kappa shape index (κ2) is 2.85. The van der Waals surface area contributed by atoms with Gasteiger partial charge >= 0.3 is 0 Å². The van der Waals surface area contributed by atoms with Crippen molar-refractivity contribution in [1.29, 1.82) is 0 Å². The first-order valence-corrected chi connectivity index (χ1v) is 3.70. The average Bonchev–Trinajstić information content (AvgIpc) is 2.60. The Morgan fingerprint density at radius 3 is 3.15 bits per heavy atom. The van der Waals surface area contributed by atoms with Gasteiger partial charge in [0.15, 0.2) is 5.69 Å². The van der Waals surface area contributed by atoms with Crippen LogP contribution in [-0.2, 0) is 0 Å². The molecule has 0 aliphatic heterocycles. The number of rotatable bonds is 2. The van der Waals surface area contributed by atoms with Crippen molar-refractivity contribution in [2.45, 2.75) is 0 Å². The highest BCUT2D eigenvalue weighted by atomic mass is 16.5. The molecule has 0 aliphatic rings. The highest BCUT2D eigenvalue weighted by molar-refractivity contribution is 5.75. The van der Waals surface area contributed by atoms with Crippen LogP contribution < -0.4 is 4.74 Å². The van der Waals surface area contributed by atoms with Crippen molar-refractivity contribution in [3.05, 3.63) is 29.4 Å². The third kappa shape index (κ3) is 1.05. The molecule has 0 unspecified atom stereocenters. The first-order valence-electron chi connectivity index (χ1n) is 3.70. The zero-order valence-electron chi connectivity index (χ0n) is 6.97. The van der Waals surface area contributed by atoms with Crippen LogP contribution in [0.5, 0.6) is 5.75 Å². The number of aromatic nitrogens is 2. The maximum atomic E-state index is 10.4. The van der Waals surface area contributed by atoms with Gasteiger partial charge in [-0.2, -0.15) is 5.10 Å². The predicted octanol–water partition coefficient (Wildman–Crippen LogP) is 1.74. The second-order valence-electron chi connectivity index (χ2n) is 2.49. The molecular formula is C8H7N3O2. The SMILES string of the molecule is COc1cccn2ncc(N=O)c12. The number of methoxy groups -OCH3 is 1. The Bertz CT molecular complexity index is 450. The molecule has 0 atom stereocenters. The van der Waals surface area contributed by atoms with E-state index in [0.29, 0.717) is 11.3 Å². The molecule has 5 heteroatoms. The number of pyridine rings is 1. The standard InChI is InChI=1S/C8H7N3O2/c1-13-7-3-2-4-11-8(7)6(10-12)5-9-11/h2-5H,1H3. The Labute approximate surface area is 73.9 Å². The number of fused-ring (bicyclic) bond motifs is 1. The molecule has 2 aromatic heterocycles. The molecule has 0 bridgehead atoms. The Morgan fingerprint density at radius 2 is 2.46 bits per heavy atom. The molecular weight excluding hydrogens is 170 g/mol. The summed E-state index contributed by atoms with van der Waals surface area (Å²) in [5.41, 5.74) is 0.887. The fourth-order valence-electron chi connectivity index (χ4n) is 1.23. The Hall–Kier alpha value is -1.91. The Morgan fingerprint density at radius 1 is 1.62 bits per heavy atom. The third-order valence-electron chi connectivity index (χ3n) is 1.80. The van der Waals surface area contributed by atoms with Crippen LogP contribution in [0.2, 0.25) is 0 Å². The minimum Gasteiger partial charge on any atom is -0.494 e. The normalized spacial score (nSPS) is 10.2. The van der Waals surface area contributed by atoms with Gasteiger partial charge in [-0.05, 0) is 17.3 Å². The lowest BCUT2D eigenvalue weighted by atomic mass is 10.3. The van der Waals surface area contributed by atoms with Crippen LogP contribution in [0, 0.1) is 4.91 Å². The fraction of sp³-hybridized carbons (Fsp3) is 0.125. The van der Waals surface area contributed by atoms with Gasteiger partial charge in [-0.25, -0.2) is 4.52 Å². The topological polar surface area (TPSA) is 56.0 Å². The molecule has 0 saturated heterocycles. The molecule has 0 aliphatic carbocycles. The second-order valence-corrected chi connectivity index (χ2v) is 2.49. The maximum absolute atomic E-state index is 10.4. The number of hydrogen-bond acceptors (Lipinski definition) is 4. The van der Waals surface area contributed by atoms with Gasteiger partial charge in [-0.1, -0.05) is 0 Å². The predicted molar refractivity (Wildman–Crippen MR) is 47.2 cm³/mol. The summed E-state index contributed by atoms with van der Waals surface area (Å²) in [5, 5.41) is 6.80. The van der Waals surface area contributed by atoms with Gasteiger partial charge in [0, 0.05) is 6.20 Å². The lowest BCUT2D eigenvalue weighted by molar-refractivity contribution is 0.417. The summed E-state index contributed by atoms with van der Waals surface area (Å²) in [4.78, 5) is 10.4. The van der Waals surface area contributed by atoms with Gasteiger partial charge in [0.2, 0.25) is 0 Å². The van der Waals surface area contributed by atoms with E-state index in [4.69, 9.17) is 4.74 Å². The summed E-state index contributed by atoms with van der Waals surface area (Å²) in [5.74, 6) is 0.592. The molecule has 0 spiro atoms. The van der Waals surface area contributed by atoms with Gasteiger partial charge < -0.3 is 4.74 Å². The highest BCUT2D eigenvalue weighted by Gasteiger charge is 2.08. The minimum absolute atomic E-state index is 0.289. The van der Waals surface area contributed by atoms with Crippen LogP contribution in [0.1, 0.15) is 0 Å². The van der Waals surface area contributed by atoms with E-state index in [2.05, 4.69) is 10.3 Å². The summed E-state index contributed by atoms with van der Waals surface area (Å²) in [7, 11) is 1.54. The van der Waals surface area contributed by atoms with Gasteiger partial charge in [0.1, 0.15) is 11.3 Å². The van der Waals surface area contributed by atoms with E-state index in [9.17, 15) is 4.91 Å². The summed E-state index contributed by atoms with van der Waals surface area (Å²) in [6, 6.07) is 3.54. The van der Waals surface area contributed by atoms with Crippen LogP contribution in [0.15, 0.2) is 29.7 Å². The van der Waals surface area contributed by atoms with Crippen molar-refractivity contribution >= 4 is 11.2 Å². The highest BCUT2D eigenvalue weighted by Crippen LogP contribution is 2.28. The molecule has 2 rings (SSSR count). The first kappa shape index (κ1) is 7.72. The van der Waals surface area contributed by atoms with E-state index in [-0.39, 0.29) is 5.69 Å². The van der Waals surface area contributed by atoms with Crippen molar-refractivity contribution < 1.29 is 4.74 Å². The van der Waals surface area contributed by atoms with E-state index in [0.717, 1.165) is 0 Å². The number of hydrogen-bond donors (Lipinski definition) is 0. The molecule has 0 aromatic carbocycles. The maximum Gasteiger partial charge on any atom is 0.157 e. The quantitative estimate of drug-likeness (QED) is 0.656. The Balaban J connectivity index is 2.83. The molecule has 2 heterocycles. The van der Waals surface area contributed by atoms with Crippen molar-refractivity contribution in [2.24, 2.45) is 5.18 Å². The van der Waals surface area contributed by atoms with Crippen LogP contribution in [0.25, 0.3) is 5.52 Å². The zero-order valence-corrected chi connectivity index (χ0v) is 6.97. The summed E-state index contributed by atoms with van der Waals surface area (Å²) >= 11 is 0. The summed E-state index contributed by atoms with van der Waals surface area (Å²) in [6.07, 6.45) is 3.14. The van der Waals surface area contributed by atoms with Gasteiger partial charge in [-0.15, -0.1) is 4.91 Å². The van der Waals surface area contributed by atoms with Crippen LogP contribution in [0.3, 0.4) is 0 Å². The van der Waals surface area contributed by atoms with Crippen LogP contribution in [0.4, 0.5) is 5.69 Å². The van der Waals surface area contributed by atoms with Crippen molar-refractivity contribution in [2.75, 3.05) is 7.11 Å². The summed E-state index contributed by atoms with van der Waals surface area (Å²) < 4.78 is 6.62. The molecule has 0 N–H and O–H groups in total. The number of nitroso groups, excluding NO2 is 1. The minimum atomic E-state index is 0.289. The molecule has 0 fully saturated rings. The van der Waals surface area contributed by atoms with Crippen LogP contribution >= 0.6 is 0 Å². The largest absolute Gasteiger partial charge is 0.494 e. The smallest absolute Gasteiger partial charge is 0.157 e. The molecule has 66 valence electrons. The molecule has 2 aromatic rings. The van der Waals surface area contributed by atoms with E-state index in [1.54, 1.807) is 22.8 Å². The molecule has 0 amide bonds. The van der Waals surface area contributed by atoms with E-state index in [1.807, 2.05) is 0 Å². The lowest BCUT2D eigenvalue weighted by Crippen LogP contribution is -1.89. The first-order chi connectivity index (χ1) is 6.36. The monoisotopic (exact) mass is 177 g/mol. The fourth-order valence-corrected chi connectivity index (χ4v) is 1.23. The van der Waals surface area contributed by atoms with E-state index < -0.39 is 0 Å². The number of ether oxygens (including phenoxy) is 1. The number of nitrogens with zero attached hydrogens (tertiary/aromatic N) is 3. The van der Waals surface area contributed by atoms with Crippen LogP contribution in [-0.4, -0.2) is 16.7 Å². The van der Waals surface area contributed by atoms with E-state index in [1.165, 1.54) is 13.3 Å². The van der Waals surface area contributed by atoms with Crippen molar-refractivity contribution in [3.8, 4) is 5.75 Å². The van der Waals surface area contributed by atoms with Gasteiger partial charge in [0.05, 0.1) is 13.3 Å². The molecule has 13 heavy (non-hydrogen) atoms. The molecule has 0 saturated carbocycles. The lowest BCUT2D eigenvalue weighted by Gasteiger charge is -2.00. The van der Waals surface area contributed by atoms with Crippen molar-refractivity contribution in [3.63, 3.8) is 0 Å². The average molecular weight is 177 g/mol.